The highest BCUT2D eigenvalue weighted by atomic mass is 16.5. The highest BCUT2D eigenvalue weighted by Crippen LogP contribution is 2.12. The molecule has 0 bridgehead atoms. The Kier molecular flexibility index (Phi) is 7.48. The van der Waals surface area contributed by atoms with Crippen molar-refractivity contribution in [2.75, 3.05) is 6.61 Å². The second kappa shape index (κ2) is 7.80. The Hall–Kier alpha value is -0.570. The summed E-state index contributed by atoms with van der Waals surface area (Å²) >= 11 is 0. The summed E-state index contributed by atoms with van der Waals surface area (Å²) in [5.41, 5.74) is 0. The van der Waals surface area contributed by atoms with E-state index in [2.05, 4.69) is 13.8 Å². The number of aliphatic hydroxyl groups is 1. The highest BCUT2D eigenvalue weighted by molar-refractivity contribution is 5.73. The van der Waals surface area contributed by atoms with Gasteiger partial charge in [-0.05, 0) is 19.3 Å². The SMILES string of the molecule is CCCC[C@H](CC)COC(=O)[C@H](C)O. The molecule has 0 aliphatic rings. The van der Waals surface area contributed by atoms with Crippen LogP contribution in [0, 0.1) is 5.92 Å². The lowest BCUT2D eigenvalue weighted by atomic mass is 10.0. The van der Waals surface area contributed by atoms with Gasteiger partial charge in [0.25, 0.3) is 0 Å². The Morgan fingerprint density at radius 2 is 2.07 bits per heavy atom. The Morgan fingerprint density at radius 3 is 2.50 bits per heavy atom. The van der Waals surface area contributed by atoms with Crippen molar-refractivity contribution in [1.82, 2.24) is 0 Å². The van der Waals surface area contributed by atoms with Crippen LogP contribution in [0.3, 0.4) is 0 Å². The van der Waals surface area contributed by atoms with Crippen LogP contribution in [-0.2, 0) is 9.53 Å². The average molecular weight is 202 g/mol. The molecule has 14 heavy (non-hydrogen) atoms. The van der Waals surface area contributed by atoms with Gasteiger partial charge in [-0.15, -0.1) is 0 Å². The van der Waals surface area contributed by atoms with Crippen molar-refractivity contribution in [3.05, 3.63) is 0 Å². The lowest BCUT2D eigenvalue weighted by Gasteiger charge is -2.15. The fourth-order valence-electron chi connectivity index (χ4n) is 1.22. The Bertz CT molecular complexity index is 155. The van der Waals surface area contributed by atoms with E-state index in [4.69, 9.17) is 9.84 Å². The number of carbonyl (C=O) groups excluding carboxylic acids is 1. The molecule has 0 fully saturated rings. The summed E-state index contributed by atoms with van der Waals surface area (Å²) in [4.78, 5) is 11.0. The molecule has 0 aliphatic heterocycles. The van der Waals surface area contributed by atoms with Gasteiger partial charge in [-0.25, -0.2) is 4.79 Å². The van der Waals surface area contributed by atoms with Gasteiger partial charge in [-0.2, -0.15) is 0 Å². The third-order valence-corrected chi connectivity index (χ3v) is 2.35. The van der Waals surface area contributed by atoms with Gasteiger partial charge in [0.1, 0.15) is 6.10 Å². The number of esters is 1. The Balaban J connectivity index is 3.66. The van der Waals surface area contributed by atoms with Crippen molar-refractivity contribution in [2.24, 2.45) is 5.92 Å². The number of rotatable bonds is 7. The largest absolute Gasteiger partial charge is 0.463 e. The molecule has 0 aliphatic carbocycles. The molecule has 0 radical (unpaired) electrons. The van der Waals surface area contributed by atoms with Gasteiger partial charge in [0.2, 0.25) is 0 Å². The van der Waals surface area contributed by atoms with Gasteiger partial charge in [-0.3, -0.25) is 0 Å². The van der Waals surface area contributed by atoms with E-state index in [0.29, 0.717) is 12.5 Å². The van der Waals surface area contributed by atoms with Gasteiger partial charge >= 0.3 is 5.97 Å². The predicted molar refractivity (Wildman–Crippen MR) is 55.9 cm³/mol. The molecule has 0 unspecified atom stereocenters. The summed E-state index contributed by atoms with van der Waals surface area (Å²) in [6.45, 7) is 6.11. The van der Waals surface area contributed by atoms with E-state index in [9.17, 15) is 4.79 Å². The number of ether oxygens (including phenoxy) is 1. The molecule has 0 rings (SSSR count). The van der Waals surface area contributed by atoms with Crippen molar-refractivity contribution in [1.29, 1.82) is 0 Å². The molecule has 2 atom stereocenters. The topological polar surface area (TPSA) is 46.5 Å². The molecule has 0 aromatic rings. The van der Waals surface area contributed by atoms with Crippen LogP contribution in [0.4, 0.5) is 0 Å². The fourth-order valence-corrected chi connectivity index (χ4v) is 1.22. The minimum Gasteiger partial charge on any atom is -0.463 e. The Labute approximate surface area is 86.5 Å². The van der Waals surface area contributed by atoms with Gasteiger partial charge in [-0.1, -0.05) is 33.1 Å². The van der Waals surface area contributed by atoms with E-state index < -0.39 is 12.1 Å². The maximum Gasteiger partial charge on any atom is 0.334 e. The van der Waals surface area contributed by atoms with Crippen molar-refractivity contribution < 1.29 is 14.6 Å². The van der Waals surface area contributed by atoms with Crippen LogP contribution in [-0.4, -0.2) is 23.8 Å². The van der Waals surface area contributed by atoms with Crippen molar-refractivity contribution in [3.63, 3.8) is 0 Å². The van der Waals surface area contributed by atoms with Crippen LogP contribution in [0.2, 0.25) is 0 Å². The first-order valence-corrected chi connectivity index (χ1v) is 5.46. The molecule has 0 aromatic carbocycles. The van der Waals surface area contributed by atoms with Gasteiger partial charge < -0.3 is 9.84 Å². The number of hydrogen-bond acceptors (Lipinski definition) is 3. The first kappa shape index (κ1) is 13.4. The summed E-state index contributed by atoms with van der Waals surface area (Å²) in [7, 11) is 0. The smallest absolute Gasteiger partial charge is 0.334 e. The van der Waals surface area contributed by atoms with E-state index >= 15 is 0 Å². The van der Waals surface area contributed by atoms with Crippen LogP contribution in [0.5, 0.6) is 0 Å². The maximum absolute atomic E-state index is 11.0. The van der Waals surface area contributed by atoms with Crippen LogP contribution in [0.1, 0.15) is 46.5 Å². The van der Waals surface area contributed by atoms with Gasteiger partial charge in [0, 0.05) is 0 Å². The van der Waals surface area contributed by atoms with E-state index in [1.54, 1.807) is 0 Å². The van der Waals surface area contributed by atoms with Crippen LogP contribution >= 0.6 is 0 Å². The second-order valence-corrected chi connectivity index (χ2v) is 3.72. The zero-order valence-corrected chi connectivity index (χ0v) is 9.45. The summed E-state index contributed by atoms with van der Waals surface area (Å²) in [6.07, 6.45) is 3.46. The molecule has 3 heteroatoms. The van der Waals surface area contributed by atoms with Crippen LogP contribution < -0.4 is 0 Å². The zero-order chi connectivity index (χ0) is 11.0. The highest BCUT2D eigenvalue weighted by Gasteiger charge is 2.13. The third kappa shape index (κ3) is 5.97. The minimum absolute atomic E-state index is 0.442. The molecule has 0 spiro atoms. The van der Waals surface area contributed by atoms with Gasteiger partial charge in [0.15, 0.2) is 0 Å². The quantitative estimate of drug-likeness (QED) is 0.643. The van der Waals surface area contributed by atoms with Crippen LogP contribution in [0.25, 0.3) is 0 Å². The standard InChI is InChI=1S/C11H22O3/c1-4-6-7-10(5-2)8-14-11(13)9(3)12/h9-10,12H,4-8H2,1-3H3/t9-,10-/m0/s1. The minimum atomic E-state index is -1.00. The van der Waals surface area contributed by atoms with E-state index in [0.717, 1.165) is 12.8 Å². The number of hydrogen-bond donors (Lipinski definition) is 1. The van der Waals surface area contributed by atoms with E-state index in [1.807, 2.05) is 0 Å². The lowest BCUT2D eigenvalue weighted by Crippen LogP contribution is -2.22. The molecule has 0 aromatic heterocycles. The molecule has 1 N–H and O–H groups in total. The van der Waals surface area contributed by atoms with Gasteiger partial charge in [0.05, 0.1) is 6.61 Å². The third-order valence-electron chi connectivity index (χ3n) is 2.35. The maximum atomic E-state index is 11.0. The van der Waals surface area contributed by atoms with E-state index in [-0.39, 0.29) is 0 Å². The Morgan fingerprint density at radius 1 is 1.43 bits per heavy atom. The molecule has 3 nitrogen and oxygen atoms in total. The number of aliphatic hydroxyl groups excluding tert-OH is 1. The molecular weight excluding hydrogens is 180 g/mol. The first-order chi connectivity index (χ1) is 6.61. The molecule has 0 amide bonds. The number of unbranched alkanes of at least 4 members (excludes halogenated alkanes) is 1. The fraction of sp³-hybridized carbons (Fsp3) is 0.909. The normalized spacial score (nSPS) is 14.9. The molecule has 0 saturated carbocycles. The molecular formula is C11H22O3. The average Bonchev–Trinajstić information content (AvgIpc) is 2.17. The zero-order valence-electron chi connectivity index (χ0n) is 9.45. The molecule has 0 saturated heterocycles. The summed E-state index contributed by atoms with van der Waals surface area (Å²) < 4.78 is 4.96. The lowest BCUT2D eigenvalue weighted by molar-refractivity contribution is -0.154. The molecule has 84 valence electrons. The number of carbonyl (C=O) groups is 1. The molecule has 0 heterocycles. The van der Waals surface area contributed by atoms with Crippen LogP contribution in [0.15, 0.2) is 0 Å². The van der Waals surface area contributed by atoms with E-state index in [1.165, 1.54) is 19.8 Å². The first-order valence-electron chi connectivity index (χ1n) is 5.46. The van der Waals surface area contributed by atoms with Crippen molar-refractivity contribution >= 4 is 5.97 Å². The summed E-state index contributed by atoms with van der Waals surface area (Å²) in [6, 6.07) is 0. The second-order valence-electron chi connectivity index (χ2n) is 3.72. The van der Waals surface area contributed by atoms with Crippen molar-refractivity contribution in [2.45, 2.75) is 52.6 Å². The monoisotopic (exact) mass is 202 g/mol. The van der Waals surface area contributed by atoms with Crippen molar-refractivity contribution in [3.8, 4) is 0 Å². The predicted octanol–water partition coefficient (Wildman–Crippen LogP) is 2.13. The summed E-state index contributed by atoms with van der Waals surface area (Å²) in [5, 5.41) is 8.91. The summed E-state index contributed by atoms with van der Waals surface area (Å²) in [5.74, 6) is -0.0717.